The Morgan fingerprint density at radius 2 is 1.94 bits per heavy atom. The summed E-state index contributed by atoms with van der Waals surface area (Å²) in [5.74, 6) is -0.988. The molecule has 0 atom stereocenters. The summed E-state index contributed by atoms with van der Waals surface area (Å²) in [4.78, 5) is 11.9. The van der Waals surface area contributed by atoms with Gasteiger partial charge < -0.3 is 5.32 Å². The van der Waals surface area contributed by atoms with Crippen molar-refractivity contribution < 1.29 is 9.18 Å². The maximum atomic E-state index is 13.5. The van der Waals surface area contributed by atoms with Gasteiger partial charge in [-0.15, -0.1) is 0 Å². The lowest BCUT2D eigenvalue weighted by Crippen LogP contribution is -2.14. The lowest BCUT2D eigenvalue weighted by Gasteiger charge is -2.08. The molecule has 0 unspecified atom stereocenters. The second-order valence-corrected chi connectivity index (χ2v) is 4.77. The summed E-state index contributed by atoms with van der Waals surface area (Å²) in [5.41, 5.74) is 1.68. The number of rotatable bonds is 2. The van der Waals surface area contributed by atoms with Crippen molar-refractivity contribution in [3.05, 3.63) is 63.9 Å². The molecule has 0 aliphatic rings. The van der Waals surface area contributed by atoms with Crippen molar-refractivity contribution in [2.75, 3.05) is 5.32 Å². The van der Waals surface area contributed by atoms with Gasteiger partial charge in [0.2, 0.25) is 0 Å². The topological polar surface area (TPSA) is 29.1 Å². The van der Waals surface area contributed by atoms with E-state index in [-0.39, 0.29) is 5.56 Å². The van der Waals surface area contributed by atoms with E-state index in [1.165, 1.54) is 12.1 Å². The third kappa shape index (κ3) is 2.76. The van der Waals surface area contributed by atoms with Gasteiger partial charge in [0.05, 0.1) is 11.3 Å². The van der Waals surface area contributed by atoms with E-state index in [0.717, 1.165) is 10.0 Å². The molecular weight excluding hydrogens is 297 g/mol. The molecule has 1 N–H and O–H groups in total. The highest BCUT2D eigenvalue weighted by molar-refractivity contribution is 9.10. The Hall–Kier alpha value is -1.68. The Morgan fingerprint density at radius 1 is 1.22 bits per heavy atom. The van der Waals surface area contributed by atoms with Crippen LogP contribution in [0.3, 0.4) is 0 Å². The Kier molecular flexibility index (Phi) is 3.77. The Balaban J connectivity index is 2.27. The molecular formula is C14H11BrFNO. The van der Waals surface area contributed by atoms with Crippen molar-refractivity contribution in [2.45, 2.75) is 6.92 Å². The molecule has 92 valence electrons. The van der Waals surface area contributed by atoms with Crippen molar-refractivity contribution in [1.82, 2.24) is 0 Å². The molecule has 4 heteroatoms. The normalized spacial score (nSPS) is 10.2. The van der Waals surface area contributed by atoms with Gasteiger partial charge in [-0.1, -0.05) is 18.2 Å². The number of hydrogen-bond donors (Lipinski definition) is 1. The third-order valence-corrected chi connectivity index (χ3v) is 3.18. The molecule has 2 aromatic rings. The summed E-state index contributed by atoms with van der Waals surface area (Å²) in [6.07, 6.45) is 0. The van der Waals surface area contributed by atoms with Crippen LogP contribution in [0.2, 0.25) is 0 Å². The lowest BCUT2D eigenvalue weighted by molar-refractivity contribution is 0.102. The molecule has 0 fully saturated rings. The first kappa shape index (κ1) is 12.8. The Labute approximate surface area is 113 Å². The highest BCUT2D eigenvalue weighted by Crippen LogP contribution is 2.24. The number of carbonyl (C=O) groups is 1. The zero-order valence-electron chi connectivity index (χ0n) is 9.71. The second kappa shape index (κ2) is 5.31. The molecule has 2 nitrogen and oxygen atoms in total. The second-order valence-electron chi connectivity index (χ2n) is 3.92. The smallest absolute Gasteiger partial charge is 0.258 e. The molecule has 0 spiro atoms. The predicted molar refractivity (Wildman–Crippen MR) is 73.2 cm³/mol. The fraction of sp³-hybridized carbons (Fsp3) is 0.0714. The van der Waals surface area contributed by atoms with Crippen molar-refractivity contribution in [3.8, 4) is 0 Å². The van der Waals surface area contributed by atoms with Crippen LogP contribution in [0.15, 0.2) is 46.9 Å². The number of anilines is 1. The van der Waals surface area contributed by atoms with Crippen LogP contribution in [0.4, 0.5) is 10.1 Å². The van der Waals surface area contributed by atoms with Crippen LogP contribution in [0.5, 0.6) is 0 Å². The van der Waals surface area contributed by atoms with Crippen molar-refractivity contribution in [2.24, 2.45) is 0 Å². The number of halogens is 2. The van der Waals surface area contributed by atoms with Crippen LogP contribution in [0.1, 0.15) is 15.9 Å². The van der Waals surface area contributed by atoms with E-state index in [4.69, 9.17) is 0 Å². The molecule has 0 saturated carbocycles. The number of aryl methyl sites for hydroxylation is 1. The van der Waals surface area contributed by atoms with Crippen LogP contribution < -0.4 is 5.32 Å². The summed E-state index contributed by atoms with van der Waals surface area (Å²) in [7, 11) is 0. The molecule has 2 aromatic carbocycles. The van der Waals surface area contributed by atoms with Gasteiger partial charge in [0.15, 0.2) is 0 Å². The van der Waals surface area contributed by atoms with Gasteiger partial charge in [0.1, 0.15) is 5.82 Å². The molecule has 1 amide bonds. The van der Waals surface area contributed by atoms with E-state index in [9.17, 15) is 9.18 Å². The number of benzene rings is 2. The first-order valence-corrected chi connectivity index (χ1v) is 6.19. The largest absolute Gasteiger partial charge is 0.321 e. The first-order chi connectivity index (χ1) is 8.58. The highest BCUT2D eigenvalue weighted by Gasteiger charge is 2.12. The quantitative estimate of drug-likeness (QED) is 0.887. The zero-order valence-corrected chi connectivity index (χ0v) is 11.3. The zero-order chi connectivity index (χ0) is 13.1. The fourth-order valence-corrected chi connectivity index (χ4v) is 1.92. The lowest BCUT2D eigenvalue weighted by atomic mass is 10.2. The van der Waals surface area contributed by atoms with Gasteiger partial charge in [-0.25, -0.2) is 4.39 Å². The van der Waals surface area contributed by atoms with Gasteiger partial charge in [-0.3, -0.25) is 4.79 Å². The van der Waals surface area contributed by atoms with Crippen molar-refractivity contribution in [1.29, 1.82) is 0 Å². The minimum absolute atomic E-state index is 0.0332. The van der Waals surface area contributed by atoms with Crippen LogP contribution in [0, 0.1) is 12.7 Å². The summed E-state index contributed by atoms with van der Waals surface area (Å²) in [5, 5.41) is 2.68. The van der Waals surface area contributed by atoms with Gasteiger partial charge in [-0.2, -0.15) is 0 Å². The van der Waals surface area contributed by atoms with E-state index < -0.39 is 11.7 Å². The van der Waals surface area contributed by atoms with E-state index in [2.05, 4.69) is 21.2 Å². The monoisotopic (exact) mass is 307 g/mol. The Morgan fingerprint density at radius 3 is 2.67 bits per heavy atom. The average Bonchev–Trinajstić information content (AvgIpc) is 2.34. The third-order valence-electron chi connectivity index (χ3n) is 2.49. The molecule has 2 rings (SSSR count). The summed E-state index contributed by atoms with van der Waals surface area (Å²) < 4.78 is 14.2. The molecule has 0 aromatic heterocycles. The Bertz CT molecular complexity index is 598. The van der Waals surface area contributed by atoms with E-state index in [0.29, 0.717) is 5.69 Å². The van der Waals surface area contributed by atoms with Gasteiger partial charge in [-0.05, 0) is 52.7 Å². The maximum absolute atomic E-state index is 13.5. The molecule has 0 aliphatic carbocycles. The number of carbonyl (C=O) groups excluding carboxylic acids is 1. The molecule has 18 heavy (non-hydrogen) atoms. The van der Waals surface area contributed by atoms with Gasteiger partial charge in [0.25, 0.3) is 5.91 Å². The van der Waals surface area contributed by atoms with Crippen molar-refractivity contribution in [3.63, 3.8) is 0 Å². The summed E-state index contributed by atoms with van der Waals surface area (Å²) in [6, 6.07) is 11.5. The van der Waals surface area contributed by atoms with E-state index in [1.807, 2.05) is 25.1 Å². The van der Waals surface area contributed by atoms with Crippen LogP contribution in [-0.2, 0) is 0 Å². The van der Waals surface area contributed by atoms with Gasteiger partial charge in [0, 0.05) is 4.47 Å². The van der Waals surface area contributed by atoms with E-state index >= 15 is 0 Å². The van der Waals surface area contributed by atoms with Crippen LogP contribution in [0.25, 0.3) is 0 Å². The fourth-order valence-electron chi connectivity index (χ4n) is 1.57. The molecule has 0 bridgehead atoms. The summed E-state index contributed by atoms with van der Waals surface area (Å²) >= 11 is 3.34. The molecule has 0 saturated heterocycles. The minimum atomic E-state index is -0.529. The number of hydrogen-bond acceptors (Lipinski definition) is 1. The van der Waals surface area contributed by atoms with Gasteiger partial charge >= 0.3 is 0 Å². The van der Waals surface area contributed by atoms with Crippen LogP contribution >= 0.6 is 15.9 Å². The number of amides is 1. The van der Waals surface area contributed by atoms with Crippen molar-refractivity contribution >= 4 is 27.5 Å². The molecule has 0 heterocycles. The standard InChI is InChI=1S/C14H11BrFNO/c1-9-6-7-11(15)13(8-9)17-14(18)10-4-2-3-5-12(10)16/h2-8H,1H3,(H,17,18). The highest BCUT2D eigenvalue weighted by atomic mass is 79.9. The summed E-state index contributed by atoms with van der Waals surface area (Å²) in [6.45, 7) is 1.92. The minimum Gasteiger partial charge on any atom is -0.321 e. The van der Waals surface area contributed by atoms with E-state index in [1.54, 1.807) is 12.1 Å². The molecule has 0 radical (unpaired) electrons. The maximum Gasteiger partial charge on any atom is 0.258 e. The first-order valence-electron chi connectivity index (χ1n) is 5.40. The molecule has 0 aliphatic heterocycles. The SMILES string of the molecule is Cc1ccc(Br)c(NC(=O)c2ccccc2F)c1. The predicted octanol–water partition coefficient (Wildman–Crippen LogP) is 4.15. The average molecular weight is 308 g/mol. The van der Waals surface area contributed by atoms with Crippen LogP contribution in [-0.4, -0.2) is 5.91 Å². The number of nitrogens with one attached hydrogen (secondary N) is 1.